The molecule has 2 aromatic carbocycles. The van der Waals surface area contributed by atoms with Crippen LogP contribution in [-0.2, 0) is 10.3 Å². The molecule has 0 spiro atoms. The molecule has 1 saturated heterocycles. The average Bonchev–Trinajstić information content (AvgIpc) is 3.02. The van der Waals surface area contributed by atoms with Crippen LogP contribution >= 0.6 is 0 Å². The third kappa shape index (κ3) is 2.47. The summed E-state index contributed by atoms with van der Waals surface area (Å²) in [6.07, 6.45) is 4.45. The molecule has 0 aromatic heterocycles. The summed E-state index contributed by atoms with van der Waals surface area (Å²) in [6, 6.07) is 14.9. The summed E-state index contributed by atoms with van der Waals surface area (Å²) in [4.78, 5) is 27.3. The molecule has 2 amide bonds. The second-order valence-corrected chi connectivity index (χ2v) is 10.5. The minimum Gasteiger partial charge on any atom is -0.481 e. The van der Waals surface area contributed by atoms with Crippen LogP contribution in [-0.4, -0.2) is 34.6 Å². The van der Waals surface area contributed by atoms with Crippen molar-refractivity contribution in [3.8, 4) is 0 Å². The predicted octanol–water partition coefficient (Wildman–Crippen LogP) is 4.36. The van der Waals surface area contributed by atoms with E-state index in [-0.39, 0.29) is 12.1 Å². The van der Waals surface area contributed by atoms with Gasteiger partial charge in [-0.2, -0.15) is 0 Å². The number of carboxylic acids is 1. The van der Waals surface area contributed by atoms with E-state index < -0.39 is 16.9 Å². The highest BCUT2D eigenvalue weighted by molar-refractivity contribution is 5.84. The third-order valence-corrected chi connectivity index (χ3v) is 8.55. The van der Waals surface area contributed by atoms with Crippen LogP contribution in [0, 0.1) is 23.2 Å². The Morgan fingerprint density at radius 3 is 2.47 bits per heavy atom. The summed E-state index contributed by atoms with van der Waals surface area (Å²) >= 11 is 0. The molecule has 4 aliphatic carbocycles. The molecular weight excluding hydrogens is 376 g/mol. The minimum atomic E-state index is -0.618. The normalized spacial score (nSPS) is 39.5. The zero-order chi connectivity index (χ0) is 20.7. The molecule has 3 unspecified atom stereocenters. The maximum atomic E-state index is 13.2. The van der Waals surface area contributed by atoms with Gasteiger partial charge in [0, 0.05) is 12.6 Å². The van der Waals surface area contributed by atoms with Gasteiger partial charge in [0.25, 0.3) is 0 Å². The first-order valence-electron chi connectivity index (χ1n) is 11.2. The number of hydrogen-bond donors (Lipinski definition) is 2. The summed E-state index contributed by atoms with van der Waals surface area (Å²) in [5.41, 5.74) is 0.161. The lowest BCUT2D eigenvalue weighted by molar-refractivity contribution is -0.170. The van der Waals surface area contributed by atoms with Gasteiger partial charge in [0.15, 0.2) is 0 Å². The quantitative estimate of drug-likeness (QED) is 0.799. The molecule has 1 aliphatic heterocycles. The topological polar surface area (TPSA) is 69.6 Å². The van der Waals surface area contributed by atoms with Gasteiger partial charge in [-0.05, 0) is 79.2 Å². The Bertz CT molecular complexity index is 1050. The van der Waals surface area contributed by atoms with Crippen LogP contribution in [0.2, 0.25) is 0 Å². The molecule has 4 bridgehead atoms. The monoisotopic (exact) mass is 404 g/mol. The number of carbonyl (C=O) groups is 2. The van der Waals surface area contributed by atoms with Crippen molar-refractivity contribution in [1.82, 2.24) is 10.2 Å². The largest absolute Gasteiger partial charge is 0.481 e. The summed E-state index contributed by atoms with van der Waals surface area (Å²) in [5, 5.41) is 15.6. The molecule has 7 rings (SSSR count). The number of aliphatic carboxylic acids is 1. The van der Waals surface area contributed by atoms with Gasteiger partial charge in [-0.15, -0.1) is 0 Å². The van der Waals surface area contributed by atoms with E-state index in [0.717, 1.165) is 37.7 Å². The number of carbonyl (C=O) groups excluding carboxylic acids is 1. The Labute approximate surface area is 176 Å². The molecule has 5 heteroatoms. The zero-order valence-corrected chi connectivity index (χ0v) is 17.3. The Kier molecular flexibility index (Phi) is 3.64. The Balaban J connectivity index is 1.30. The first-order chi connectivity index (χ1) is 14.4. The summed E-state index contributed by atoms with van der Waals surface area (Å²) < 4.78 is 0. The number of benzene rings is 2. The molecule has 5 nitrogen and oxygen atoms in total. The maximum absolute atomic E-state index is 13.2. The van der Waals surface area contributed by atoms with Gasteiger partial charge in [0.05, 0.1) is 11.0 Å². The summed E-state index contributed by atoms with van der Waals surface area (Å²) in [6.45, 7) is 2.76. The first kappa shape index (κ1) is 18.2. The Morgan fingerprint density at radius 1 is 1.07 bits per heavy atom. The lowest BCUT2D eigenvalue weighted by atomic mass is 9.47. The molecule has 156 valence electrons. The van der Waals surface area contributed by atoms with Crippen LogP contribution in [0.4, 0.5) is 4.79 Å². The highest BCUT2D eigenvalue weighted by Crippen LogP contribution is 2.61. The van der Waals surface area contributed by atoms with Gasteiger partial charge in [-0.3, -0.25) is 4.79 Å². The van der Waals surface area contributed by atoms with Crippen LogP contribution in [0.25, 0.3) is 10.8 Å². The van der Waals surface area contributed by atoms with Crippen LogP contribution in [0.5, 0.6) is 0 Å². The van der Waals surface area contributed by atoms with Crippen molar-refractivity contribution in [3.63, 3.8) is 0 Å². The van der Waals surface area contributed by atoms with E-state index in [2.05, 4.69) is 47.5 Å². The molecule has 5 aliphatic rings. The van der Waals surface area contributed by atoms with E-state index >= 15 is 0 Å². The van der Waals surface area contributed by atoms with Gasteiger partial charge in [-0.25, -0.2) is 4.79 Å². The van der Waals surface area contributed by atoms with Crippen LogP contribution < -0.4 is 5.32 Å². The van der Waals surface area contributed by atoms with Gasteiger partial charge in [0.2, 0.25) is 0 Å². The predicted molar refractivity (Wildman–Crippen MR) is 114 cm³/mol. The van der Waals surface area contributed by atoms with Crippen molar-refractivity contribution in [2.24, 2.45) is 23.2 Å². The van der Waals surface area contributed by atoms with Crippen molar-refractivity contribution in [2.75, 3.05) is 6.54 Å². The molecule has 0 radical (unpaired) electrons. The van der Waals surface area contributed by atoms with Gasteiger partial charge < -0.3 is 15.3 Å². The number of hydrogen-bond acceptors (Lipinski definition) is 2. The van der Waals surface area contributed by atoms with Crippen molar-refractivity contribution in [1.29, 1.82) is 0 Å². The molecule has 4 saturated carbocycles. The molecular formula is C25H28N2O3. The fourth-order valence-corrected chi connectivity index (χ4v) is 7.46. The Morgan fingerprint density at radius 2 is 1.77 bits per heavy atom. The van der Waals surface area contributed by atoms with E-state index in [4.69, 9.17) is 0 Å². The van der Waals surface area contributed by atoms with Gasteiger partial charge >= 0.3 is 12.0 Å². The molecule has 5 fully saturated rings. The number of rotatable bonds is 3. The second kappa shape index (κ2) is 5.99. The number of carboxylic acid groups (broad SMARTS) is 1. The molecule has 2 aromatic rings. The number of nitrogens with one attached hydrogen (secondary N) is 1. The van der Waals surface area contributed by atoms with Crippen LogP contribution in [0.15, 0.2) is 42.5 Å². The Hall–Kier alpha value is -2.56. The summed E-state index contributed by atoms with van der Waals surface area (Å²) in [7, 11) is 0. The van der Waals surface area contributed by atoms with E-state index in [1.165, 1.54) is 10.8 Å². The fourth-order valence-electron chi connectivity index (χ4n) is 7.46. The van der Waals surface area contributed by atoms with Gasteiger partial charge in [-0.1, -0.05) is 36.4 Å². The number of fused-ring (bicyclic) bond motifs is 1. The van der Waals surface area contributed by atoms with E-state index in [0.29, 0.717) is 24.3 Å². The molecule has 1 heterocycles. The summed E-state index contributed by atoms with van der Waals surface area (Å²) in [5.74, 6) is 0.536. The highest BCUT2D eigenvalue weighted by Gasteiger charge is 2.61. The average molecular weight is 405 g/mol. The zero-order valence-electron chi connectivity index (χ0n) is 17.3. The lowest BCUT2D eigenvalue weighted by Gasteiger charge is -2.59. The molecule has 30 heavy (non-hydrogen) atoms. The standard InChI is InChI=1S/C25H28N2O3/c1-24(20-7-6-16-4-2-3-5-17(16)10-20)14-27(23(30)26-24)21-18-8-15-9-19(21)13-25(11-15,12-18)22(28)29/h2-7,10,15,18-19,21H,8-9,11-14H2,1H3,(H,26,30)(H,28,29). The first-order valence-corrected chi connectivity index (χ1v) is 11.2. The number of nitrogens with zero attached hydrogens (tertiary/aromatic N) is 1. The minimum absolute atomic E-state index is 0.00695. The van der Waals surface area contributed by atoms with Crippen LogP contribution in [0.3, 0.4) is 0 Å². The number of amides is 2. The lowest BCUT2D eigenvalue weighted by Crippen LogP contribution is -2.61. The van der Waals surface area contributed by atoms with Crippen molar-refractivity contribution >= 4 is 22.8 Å². The highest BCUT2D eigenvalue weighted by atomic mass is 16.4. The van der Waals surface area contributed by atoms with Crippen molar-refractivity contribution in [2.45, 2.75) is 50.6 Å². The fraction of sp³-hybridized carbons (Fsp3) is 0.520. The van der Waals surface area contributed by atoms with E-state index in [1.54, 1.807) is 0 Å². The molecule has 3 atom stereocenters. The third-order valence-electron chi connectivity index (χ3n) is 8.55. The van der Waals surface area contributed by atoms with E-state index in [9.17, 15) is 14.7 Å². The smallest absolute Gasteiger partial charge is 0.318 e. The maximum Gasteiger partial charge on any atom is 0.318 e. The SMILES string of the molecule is CC1(c2ccc3ccccc3c2)CN(C2C3CC4CC2CC(C(=O)O)(C4)C3)C(=O)N1. The van der Waals surface area contributed by atoms with E-state index in [1.807, 2.05) is 12.1 Å². The second-order valence-electron chi connectivity index (χ2n) is 10.5. The molecule has 2 N–H and O–H groups in total. The van der Waals surface area contributed by atoms with Crippen molar-refractivity contribution < 1.29 is 14.7 Å². The van der Waals surface area contributed by atoms with Crippen molar-refractivity contribution in [3.05, 3.63) is 48.0 Å². The van der Waals surface area contributed by atoms with Gasteiger partial charge in [0.1, 0.15) is 0 Å². The van der Waals surface area contributed by atoms with Crippen LogP contribution in [0.1, 0.15) is 44.6 Å². The number of urea groups is 1.